The van der Waals surface area contributed by atoms with Gasteiger partial charge in [-0.15, -0.1) is 22.2 Å². The maximum absolute atomic E-state index is 10.2. The van der Waals surface area contributed by atoms with Gasteiger partial charge in [0.1, 0.15) is 0 Å². The average Bonchev–Trinajstić information content (AvgIpc) is 1.65. The molecule has 0 aliphatic heterocycles. The Morgan fingerprint density at radius 2 is 2.11 bits per heavy atom. The molecule has 9 heavy (non-hydrogen) atoms. The molecule has 0 amide bonds. The number of hydrogen-bond acceptors (Lipinski definition) is 1. The predicted octanol–water partition coefficient (Wildman–Crippen LogP) is 2.58. The van der Waals surface area contributed by atoms with Crippen LogP contribution in [0, 0.1) is 0 Å². The van der Waals surface area contributed by atoms with E-state index in [-0.39, 0.29) is 0 Å². The molecule has 1 N–H and O–H groups in total. The van der Waals surface area contributed by atoms with Gasteiger partial charge < -0.3 is 5.11 Å². The van der Waals surface area contributed by atoms with Crippen molar-refractivity contribution >= 4 is 34.4 Å². The standard InChI is InChI=1S/C4H8Cl2O2Si/c1-2-3-9(5,6)4(7)8/h2-3H2,1H3,(H,7,8). The fourth-order valence-electron chi connectivity index (χ4n) is 0.421. The summed E-state index contributed by atoms with van der Waals surface area (Å²) in [6.45, 7) is -1.06. The highest BCUT2D eigenvalue weighted by Gasteiger charge is 2.37. The summed E-state index contributed by atoms with van der Waals surface area (Å²) < 4.78 is 0. The van der Waals surface area contributed by atoms with Crippen molar-refractivity contribution in [2.24, 2.45) is 0 Å². The Morgan fingerprint density at radius 3 is 2.22 bits per heavy atom. The van der Waals surface area contributed by atoms with Crippen molar-refractivity contribution in [3.05, 3.63) is 0 Å². The molecule has 0 aromatic heterocycles. The third kappa shape index (κ3) is 3.08. The lowest BCUT2D eigenvalue weighted by atomic mass is 10.6. The maximum Gasteiger partial charge on any atom is 0.370 e. The molecule has 0 saturated heterocycles. The molecule has 0 aliphatic carbocycles. The maximum atomic E-state index is 10.2. The van der Waals surface area contributed by atoms with Gasteiger partial charge in [0.25, 0.3) is 0 Å². The summed E-state index contributed by atoms with van der Waals surface area (Å²) in [5.41, 5.74) is -1.03. The van der Waals surface area contributed by atoms with Crippen molar-refractivity contribution in [1.82, 2.24) is 0 Å². The highest BCUT2D eigenvalue weighted by Crippen LogP contribution is 2.22. The van der Waals surface area contributed by atoms with Gasteiger partial charge in [-0.25, -0.2) is 0 Å². The molecule has 0 aromatic carbocycles. The lowest BCUT2D eigenvalue weighted by Gasteiger charge is -2.07. The zero-order valence-corrected chi connectivity index (χ0v) is 7.54. The van der Waals surface area contributed by atoms with Crippen molar-refractivity contribution in [2.45, 2.75) is 19.4 Å². The SMILES string of the molecule is CCC[Si](Cl)(Cl)C(=O)O. The molecular formula is C4H8Cl2O2Si. The number of carboxylic acid groups (broad SMARTS) is 1. The molecule has 0 fully saturated rings. The second-order valence-corrected chi connectivity index (χ2v) is 8.55. The second kappa shape index (κ2) is 3.44. The monoisotopic (exact) mass is 186 g/mol. The van der Waals surface area contributed by atoms with E-state index in [1.165, 1.54) is 0 Å². The highest BCUT2D eigenvalue weighted by molar-refractivity contribution is 7.57. The summed E-state index contributed by atoms with van der Waals surface area (Å²) in [5, 5.41) is 8.37. The van der Waals surface area contributed by atoms with Crippen LogP contribution in [0.15, 0.2) is 0 Å². The van der Waals surface area contributed by atoms with Crippen molar-refractivity contribution in [1.29, 1.82) is 0 Å². The Hall–Kier alpha value is 0.267. The van der Waals surface area contributed by atoms with Gasteiger partial charge in [-0.2, -0.15) is 0 Å². The van der Waals surface area contributed by atoms with E-state index in [0.29, 0.717) is 6.04 Å². The molecule has 0 atom stereocenters. The summed E-state index contributed by atoms with van der Waals surface area (Å²) in [6, 6.07) is 0.422. The third-order valence-corrected chi connectivity index (χ3v) is 4.73. The Labute approximate surface area is 64.2 Å². The van der Waals surface area contributed by atoms with Crippen molar-refractivity contribution < 1.29 is 9.90 Å². The van der Waals surface area contributed by atoms with E-state index in [0.717, 1.165) is 6.42 Å². The van der Waals surface area contributed by atoms with Crippen LogP contribution in [-0.2, 0) is 0 Å². The van der Waals surface area contributed by atoms with Crippen LogP contribution in [0.3, 0.4) is 0 Å². The van der Waals surface area contributed by atoms with Gasteiger partial charge in [0.15, 0.2) is 0 Å². The minimum absolute atomic E-state index is 0.422. The summed E-state index contributed by atoms with van der Waals surface area (Å²) in [5.74, 6) is 0. The molecular weight excluding hydrogens is 179 g/mol. The van der Waals surface area contributed by atoms with Crippen molar-refractivity contribution in [2.75, 3.05) is 0 Å². The Bertz CT molecular complexity index is 115. The lowest BCUT2D eigenvalue weighted by Crippen LogP contribution is -2.29. The van der Waals surface area contributed by atoms with E-state index in [9.17, 15) is 4.79 Å². The quantitative estimate of drug-likeness (QED) is 0.544. The van der Waals surface area contributed by atoms with Crippen LogP contribution in [0.2, 0.25) is 6.04 Å². The van der Waals surface area contributed by atoms with Crippen LogP contribution >= 0.6 is 22.2 Å². The van der Waals surface area contributed by atoms with E-state index in [1.54, 1.807) is 0 Å². The molecule has 0 bridgehead atoms. The van der Waals surface area contributed by atoms with Gasteiger partial charge >= 0.3 is 12.3 Å². The zero-order chi connectivity index (χ0) is 7.49. The molecule has 0 spiro atoms. The molecule has 0 unspecified atom stereocenters. The number of hydrogen-bond donors (Lipinski definition) is 1. The second-order valence-electron chi connectivity index (χ2n) is 1.76. The summed E-state index contributed by atoms with van der Waals surface area (Å²) in [6.07, 6.45) is 0.728. The first-order chi connectivity index (χ1) is 4.00. The summed E-state index contributed by atoms with van der Waals surface area (Å²) >= 11 is 11.0. The van der Waals surface area contributed by atoms with Crippen molar-refractivity contribution in [3.8, 4) is 0 Å². The van der Waals surface area contributed by atoms with Crippen LogP contribution in [0.1, 0.15) is 13.3 Å². The van der Waals surface area contributed by atoms with E-state index >= 15 is 0 Å². The van der Waals surface area contributed by atoms with Crippen LogP contribution in [0.4, 0.5) is 4.79 Å². The van der Waals surface area contributed by atoms with Crippen LogP contribution in [-0.4, -0.2) is 17.4 Å². The third-order valence-electron chi connectivity index (χ3n) is 0.877. The minimum Gasteiger partial charge on any atom is -0.483 e. The van der Waals surface area contributed by atoms with Gasteiger partial charge in [-0.3, -0.25) is 4.79 Å². The molecule has 0 heterocycles. The number of carbonyl (C=O) groups is 1. The molecule has 54 valence electrons. The molecule has 0 aromatic rings. The van der Waals surface area contributed by atoms with Crippen molar-refractivity contribution in [3.63, 3.8) is 0 Å². The summed E-state index contributed by atoms with van der Waals surface area (Å²) in [7, 11) is 0. The summed E-state index contributed by atoms with van der Waals surface area (Å²) in [4.78, 5) is 10.2. The fraction of sp³-hybridized carbons (Fsp3) is 0.750. The van der Waals surface area contributed by atoms with E-state index in [4.69, 9.17) is 27.3 Å². The zero-order valence-electron chi connectivity index (χ0n) is 5.03. The number of halogens is 2. The normalized spacial score (nSPS) is 11.4. The Balaban J connectivity index is 3.85. The molecule has 0 radical (unpaired) electrons. The first kappa shape index (κ1) is 9.27. The number of rotatable bonds is 3. The minimum atomic E-state index is -2.92. The van der Waals surface area contributed by atoms with Gasteiger partial charge in [-0.1, -0.05) is 13.3 Å². The Morgan fingerprint density at radius 1 is 1.67 bits per heavy atom. The van der Waals surface area contributed by atoms with Crippen LogP contribution in [0.25, 0.3) is 0 Å². The molecule has 0 rings (SSSR count). The van der Waals surface area contributed by atoms with Gasteiger partial charge in [0.05, 0.1) is 0 Å². The smallest absolute Gasteiger partial charge is 0.370 e. The lowest BCUT2D eigenvalue weighted by molar-refractivity contribution is 0.219. The Kier molecular flexibility index (Phi) is 3.54. The predicted molar refractivity (Wildman–Crippen MR) is 40.6 cm³/mol. The van der Waals surface area contributed by atoms with Gasteiger partial charge in [0, 0.05) is 0 Å². The molecule has 0 saturated carbocycles. The molecule has 2 nitrogen and oxygen atoms in total. The molecule has 5 heteroatoms. The largest absolute Gasteiger partial charge is 0.483 e. The van der Waals surface area contributed by atoms with Crippen LogP contribution in [0.5, 0.6) is 0 Å². The fourth-order valence-corrected chi connectivity index (χ4v) is 2.40. The average molecular weight is 187 g/mol. The first-order valence-corrected chi connectivity index (χ1v) is 6.85. The molecule has 0 aliphatic rings. The first-order valence-electron chi connectivity index (χ1n) is 2.62. The van der Waals surface area contributed by atoms with Gasteiger partial charge in [-0.05, 0) is 6.04 Å². The van der Waals surface area contributed by atoms with E-state index in [2.05, 4.69) is 0 Å². The topological polar surface area (TPSA) is 37.3 Å². The van der Waals surface area contributed by atoms with E-state index < -0.39 is 12.3 Å². The van der Waals surface area contributed by atoms with Crippen LogP contribution < -0.4 is 0 Å². The highest BCUT2D eigenvalue weighted by atomic mass is 35.7. The van der Waals surface area contributed by atoms with E-state index in [1.807, 2.05) is 6.92 Å². The van der Waals surface area contributed by atoms with Gasteiger partial charge in [0.2, 0.25) is 0 Å².